The number of hydrogen-bond donors (Lipinski definition) is 1. The van der Waals surface area contributed by atoms with Gasteiger partial charge in [0.05, 0.1) is 18.6 Å². The Labute approximate surface area is 147 Å². The number of carbonyl (C=O) groups excluding carboxylic acids is 2. The minimum Gasteiger partial charge on any atom is -0.383 e. The highest BCUT2D eigenvalue weighted by atomic mass is 19.1. The molecule has 0 spiro atoms. The minimum atomic E-state index is -0.282. The van der Waals surface area contributed by atoms with Crippen LogP contribution in [0, 0.1) is 17.7 Å². The van der Waals surface area contributed by atoms with Crippen LogP contribution in [-0.4, -0.2) is 43.5 Å². The van der Waals surface area contributed by atoms with Gasteiger partial charge in [0.1, 0.15) is 5.82 Å². The molecule has 1 heterocycles. The zero-order valence-electron chi connectivity index (χ0n) is 14.5. The lowest BCUT2D eigenvalue weighted by Crippen LogP contribution is -2.47. The van der Waals surface area contributed by atoms with Crippen LogP contribution in [0.3, 0.4) is 0 Å². The van der Waals surface area contributed by atoms with Crippen LogP contribution in [0.5, 0.6) is 0 Å². The van der Waals surface area contributed by atoms with E-state index in [0.29, 0.717) is 26.1 Å². The number of hydrogen-bond acceptors (Lipinski definition) is 3. The van der Waals surface area contributed by atoms with E-state index in [1.54, 1.807) is 19.2 Å². The molecule has 0 unspecified atom stereocenters. The molecule has 1 N–H and O–H groups in total. The number of carbonyl (C=O) groups is 2. The molecule has 136 valence electrons. The Kier molecular flexibility index (Phi) is 5.68. The number of likely N-dealkylation sites (tertiary alicyclic amines) is 1. The molecule has 2 amide bonds. The summed E-state index contributed by atoms with van der Waals surface area (Å²) in [5.41, 5.74) is 0.939. The molecule has 2 aliphatic rings. The van der Waals surface area contributed by atoms with Gasteiger partial charge in [-0.3, -0.25) is 9.59 Å². The Morgan fingerprint density at radius 3 is 2.48 bits per heavy atom. The van der Waals surface area contributed by atoms with E-state index < -0.39 is 0 Å². The lowest BCUT2D eigenvalue weighted by Gasteiger charge is -2.39. The zero-order valence-corrected chi connectivity index (χ0v) is 14.5. The normalized spacial score (nSPS) is 23.4. The third-order valence-corrected chi connectivity index (χ3v) is 5.02. The number of benzene rings is 1. The number of ether oxygens (including phenoxy) is 1. The van der Waals surface area contributed by atoms with Gasteiger partial charge in [0.25, 0.3) is 0 Å². The first-order valence-corrected chi connectivity index (χ1v) is 8.92. The average molecular weight is 348 g/mol. The van der Waals surface area contributed by atoms with Gasteiger partial charge >= 0.3 is 0 Å². The lowest BCUT2D eigenvalue weighted by molar-refractivity contribution is -0.140. The van der Waals surface area contributed by atoms with Gasteiger partial charge in [-0.25, -0.2) is 4.39 Å². The second-order valence-corrected chi connectivity index (χ2v) is 6.89. The highest BCUT2D eigenvalue weighted by Crippen LogP contribution is 2.39. The van der Waals surface area contributed by atoms with Crippen molar-refractivity contribution in [1.82, 2.24) is 10.2 Å². The van der Waals surface area contributed by atoms with Crippen molar-refractivity contribution in [3.63, 3.8) is 0 Å². The van der Waals surface area contributed by atoms with Crippen molar-refractivity contribution >= 4 is 11.8 Å². The first-order chi connectivity index (χ1) is 12.1. The Morgan fingerprint density at radius 2 is 1.84 bits per heavy atom. The number of halogens is 1. The molecule has 1 aliphatic carbocycles. The van der Waals surface area contributed by atoms with Gasteiger partial charge in [0, 0.05) is 26.1 Å². The van der Waals surface area contributed by atoms with Gasteiger partial charge < -0.3 is 15.0 Å². The third kappa shape index (κ3) is 4.37. The maximum atomic E-state index is 13.2. The average Bonchev–Trinajstić information content (AvgIpc) is 3.46. The van der Waals surface area contributed by atoms with E-state index in [0.717, 1.165) is 24.8 Å². The van der Waals surface area contributed by atoms with Crippen LogP contribution in [0.2, 0.25) is 0 Å². The topological polar surface area (TPSA) is 58.6 Å². The molecule has 5 nitrogen and oxygen atoms in total. The molecular formula is C19H25FN2O3. The van der Waals surface area contributed by atoms with Crippen LogP contribution >= 0.6 is 0 Å². The van der Waals surface area contributed by atoms with Gasteiger partial charge in [0.2, 0.25) is 11.8 Å². The minimum absolute atomic E-state index is 0.0248. The summed E-state index contributed by atoms with van der Waals surface area (Å²) in [4.78, 5) is 26.9. The molecule has 2 fully saturated rings. The fourth-order valence-corrected chi connectivity index (χ4v) is 3.45. The highest BCUT2D eigenvalue weighted by molar-refractivity contribution is 5.84. The van der Waals surface area contributed by atoms with Crippen molar-refractivity contribution < 1.29 is 18.7 Å². The second-order valence-electron chi connectivity index (χ2n) is 6.89. The van der Waals surface area contributed by atoms with Crippen LogP contribution in [0.4, 0.5) is 4.39 Å². The predicted molar refractivity (Wildman–Crippen MR) is 91.2 cm³/mol. The maximum Gasteiger partial charge on any atom is 0.226 e. The Bertz CT molecular complexity index is 616. The van der Waals surface area contributed by atoms with Crippen molar-refractivity contribution in [2.75, 3.05) is 26.8 Å². The molecule has 0 bridgehead atoms. The summed E-state index contributed by atoms with van der Waals surface area (Å²) < 4.78 is 18.2. The summed E-state index contributed by atoms with van der Waals surface area (Å²) >= 11 is 0. The van der Waals surface area contributed by atoms with E-state index in [-0.39, 0.29) is 35.5 Å². The first kappa shape index (κ1) is 17.9. The third-order valence-electron chi connectivity index (χ3n) is 5.02. The van der Waals surface area contributed by atoms with Crippen molar-refractivity contribution in [1.29, 1.82) is 0 Å². The molecular weight excluding hydrogens is 323 g/mol. The molecule has 1 aromatic rings. The van der Waals surface area contributed by atoms with E-state index in [1.165, 1.54) is 12.1 Å². The van der Waals surface area contributed by atoms with Gasteiger partial charge in [-0.2, -0.15) is 0 Å². The summed E-state index contributed by atoms with van der Waals surface area (Å²) in [6.07, 6.45) is 3.29. The zero-order chi connectivity index (χ0) is 17.8. The number of amides is 2. The largest absolute Gasteiger partial charge is 0.383 e. The monoisotopic (exact) mass is 348 g/mol. The number of nitrogens with one attached hydrogen (secondary N) is 1. The van der Waals surface area contributed by atoms with Crippen LogP contribution in [0.1, 0.15) is 37.3 Å². The van der Waals surface area contributed by atoms with Crippen molar-refractivity contribution in [2.24, 2.45) is 11.8 Å². The first-order valence-electron chi connectivity index (χ1n) is 8.92. The highest BCUT2D eigenvalue weighted by Gasteiger charge is 2.41. The summed E-state index contributed by atoms with van der Waals surface area (Å²) in [5.74, 6) is -0.281. The lowest BCUT2D eigenvalue weighted by atomic mass is 9.88. The van der Waals surface area contributed by atoms with Gasteiger partial charge in [-0.15, -0.1) is 0 Å². The summed E-state index contributed by atoms with van der Waals surface area (Å²) in [6.45, 7) is 1.38. The number of nitrogens with zero attached hydrogens (tertiary/aromatic N) is 1. The fourth-order valence-electron chi connectivity index (χ4n) is 3.45. The Balaban J connectivity index is 1.71. The second kappa shape index (κ2) is 7.95. The molecule has 6 heteroatoms. The molecule has 3 rings (SSSR count). The van der Waals surface area contributed by atoms with Crippen molar-refractivity contribution in [3.8, 4) is 0 Å². The maximum absolute atomic E-state index is 13.2. The SMILES string of the molecule is COCCNC(=O)[C@H]1CC[C@H](c2ccc(F)cc2)N(C(=O)C2CC2)C1. The van der Waals surface area contributed by atoms with E-state index in [4.69, 9.17) is 4.74 Å². The van der Waals surface area contributed by atoms with Crippen molar-refractivity contribution in [2.45, 2.75) is 31.7 Å². The molecule has 2 atom stereocenters. The van der Waals surface area contributed by atoms with E-state index in [2.05, 4.69) is 5.32 Å². The number of methoxy groups -OCH3 is 1. The van der Waals surface area contributed by atoms with Crippen molar-refractivity contribution in [3.05, 3.63) is 35.6 Å². The van der Waals surface area contributed by atoms with Gasteiger partial charge in [0.15, 0.2) is 0 Å². The smallest absolute Gasteiger partial charge is 0.226 e. The molecule has 25 heavy (non-hydrogen) atoms. The quantitative estimate of drug-likeness (QED) is 0.803. The van der Waals surface area contributed by atoms with Gasteiger partial charge in [-0.05, 0) is 43.4 Å². The molecule has 1 aliphatic heterocycles. The molecule has 1 aromatic carbocycles. The molecule has 1 saturated heterocycles. The van der Waals surface area contributed by atoms with Crippen LogP contribution in [0.15, 0.2) is 24.3 Å². The Hall–Kier alpha value is -1.95. The summed E-state index contributed by atoms with van der Waals surface area (Å²) in [5, 5.41) is 2.87. The predicted octanol–water partition coefficient (Wildman–Crippen LogP) is 2.28. The molecule has 0 radical (unpaired) electrons. The number of rotatable bonds is 6. The van der Waals surface area contributed by atoms with Crippen LogP contribution < -0.4 is 5.32 Å². The summed E-state index contributed by atoms with van der Waals surface area (Å²) in [6, 6.07) is 6.27. The molecule has 1 saturated carbocycles. The fraction of sp³-hybridized carbons (Fsp3) is 0.579. The number of piperidine rings is 1. The van der Waals surface area contributed by atoms with Crippen LogP contribution in [-0.2, 0) is 14.3 Å². The molecule has 0 aromatic heterocycles. The van der Waals surface area contributed by atoms with E-state index in [9.17, 15) is 14.0 Å². The van der Waals surface area contributed by atoms with E-state index >= 15 is 0 Å². The van der Waals surface area contributed by atoms with Gasteiger partial charge in [-0.1, -0.05) is 12.1 Å². The standard InChI is InChI=1S/C19H25FN2O3/c1-25-11-10-21-18(23)15-6-9-17(13-4-7-16(20)8-5-13)22(12-15)19(24)14-2-3-14/h4-5,7-8,14-15,17H,2-3,6,9-12H2,1H3,(H,21,23)/t15-,17+/m0/s1. The summed E-state index contributed by atoms with van der Waals surface area (Å²) in [7, 11) is 1.59. The Morgan fingerprint density at radius 1 is 1.16 bits per heavy atom. The van der Waals surface area contributed by atoms with E-state index in [1.807, 2.05) is 4.90 Å². The van der Waals surface area contributed by atoms with Crippen LogP contribution in [0.25, 0.3) is 0 Å².